The van der Waals surface area contributed by atoms with E-state index in [-0.39, 0.29) is 11.7 Å². The smallest absolute Gasteiger partial charge is 0.387 e. The van der Waals surface area contributed by atoms with Crippen molar-refractivity contribution < 1.29 is 18.3 Å². The number of aryl methyl sites for hydroxylation is 1. The van der Waals surface area contributed by atoms with Gasteiger partial charge in [-0.25, -0.2) is 0 Å². The predicted octanol–water partition coefficient (Wildman–Crippen LogP) is 4.91. The van der Waals surface area contributed by atoms with Crippen molar-refractivity contribution in [3.8, 4) is 5.75 Å². The van der Waals surface area contributed by atoms with Gasteiger partial charge in [-0.15, -0.1) is 10.2 Å². The Bertz CT molecular complexity index is 1210. The van der Waals surface area contributed by atoms with Crippen LogP contribution in [-0.4, -0.2) is 32.4 Å². The Morgan fingerprint density at radius 2 is 1.87 bits per heavy atom. The number of benzene rings is 2. The van der Waals surface area contributed by atoms with Gasteiger partial charge in [0.15, 0.2) is 10.8 Å². The molecule has 0 bridgehead atoms. The molecule has 30 heavy (non-hydrogen) atoms. The highest BCUT2D eigenvalue weighted by Crippen LogP contribution is 2.28. The molecule has 2 heterocycles. The van der Waals surface area contributed by atoms with Crippen molar-refractivity contribution in [3.63, 3.8) is 0 Å². The first-order valence-electron chi connectivity index (χ1n) is 9.18. The number of pyridine rings is 1. The quantitative estimate of drug-likeness (QED) is 0.442. The summed E-state index contributed by atoms with van der Waals surface area (Å²) in [6.07, 6.45) is 0. The lowest BCUT2D eigenvalue weighted by Crippen LogP contribution is -2.22. The highest BCUT2D eigenvalue weighted by atomic mass is 32.2. The van der Waals surface area contributed by atoms with Gasteiger partial charge < -0.3 is 10.1 Å². The first kappa shape index (κ1) is 20.1. The summed E-state index contributed by atoms with van der Waals surface area (Å²) < 4.78 is 30.7. The van der Waals surface area contributed by atoms with Crippen LogP contribution < -0.4 is 10.1 Å². The summed E-state index contributed by atoms with van der Waals surface area (Å²) in [5.74, 6) is -0.210. The number of alkyl halides is 2. The summed E-state index contributed by atoms with van der Waals surface area (Å²) in [7, 11) is 0. The molecule has 154 valence electrons. The second kappa shape index (κ2) is 8.27. The molecule has 0 radical (unpaired) electrons. The van der Waals surface area contributed by atoms with Crippen molar-refractivity contribution in [3.05, 3.63) is 60.2 Å². The molecule has 0 aliphatic heterocycles. The van der Waals surface area contributed by atoms with Crippen LogP contribution in [0.1, 0.15) is 12.5 Å². The van der Waals surface area contributed by atoms with Gasteiger partial charge in [-0.1, -0.05) is 30.0 Å². The highest BCUT2D eigenvalue weighted by Gasteiger charge is 2.19. The van der Waals surface area contributed by atoms with Crippen molar-refractivity contribution in [2.45, 2.75) is 30.9 Å². The van der Waals surface area contributed by atoms with Crippen LogP contribution in [0.25, 0.3) is 16.6 Å². The second-order valence-electron chi connectivity index (χ2n) is 6.67. The van der Waals surface area contributed by atoms with Crippen LogP contribution >= 0.6 is 11.8 Å². The van der Waals surface area contributed by atoms with Crippen LogP contribution in [0.2, 0.25) is 0 Å². The third kappa shape index (κ3) is 4.06. The van der Waals surface area contributed by atoms with E-state index in [0.717, 1.165) is 22.1 Å². The molecule has 4 aromatic rings. The van der Waals surface area contributed by atoms with Crippen LogP contribution in [0, 0.1) is 6.92 Å². The number of nitrogens with zero attached hydrogens (tertiary/aromatic N) is 3. The van der Waals surface area contributed by atoms with E-state index in [9.17, 15) is 13.6 Å². The number of halogens is 2. The van der Waals surface area contributed by atoms with Crippen LogP contribution in [-0.2, 0) is 4.79 Å². The van der Waals surface area contributed by atoms with E-state index in [2.05, 4.69) is 20.3 Å². The van der Waals surface area contributed by atoms with Crippen molar-refractivity contribution in [1.82, 2.24) is 14.6 Å². The van der Waals surface area contributed by atoms with Crippen molar-refractivity contribution in [1.29, 1.82) is 0 Å². The molecular formula is C21H18F2N4O2S. The molecule has 0 saturated carbocycles. The van der Waals surface area contributed by atoms with Gasteiger partial charge in [-0.05, 0) is 55.8 Å². The fourth-order valence-electron chi connectivity index (χ4n) is 3.13. The Hall–Kier alpha value is -3.20. The van der Waals surface area contributed by atoms with Crippen molar-refractivity contribution >= 4 is 39.9 Å². The number of fused-ring (bicyclic) bond motifs is 3. The van der Waals surface area contributed by atoms with Crippen LogP contribution in [0.3, 0.4) is 0 Å². The molecule has 2 aromatic heterocycles. The number of nitrogens with one attached hydrogen (secondary N) is 1. The molecule has 1 amide bonds. The number of hydrogen-bond donors (Lipinski definition) is 1. The van der Waals surface area contributed by atoms with Crippen LogP contribution in [0.15, 0.2) is 59.8 Å². The zero-order valence-corrected chi connectivity index (χ0v) is 17.0. The zero-order chi connectivity index (χ0) is 21.3. The number of para-hydroxylation sites is 1. The first-order chi connectivity index (χ1) is 14.4. The van der Waals surface area contributed by atoms with Crippen LogP contribution in [0.5, 0.6) is 5.75 Å². The summed E-state index contributed by atoms with van der Waals surface area (Å²) in [5.41, 5.74) is 3.28. The monoisotopic (exact) mass is 428 g/mol. The minimum absolute atomic E-state index is 0.0301. The summed E-state index contributed by atoms with van der Waals surface area (Å²) in [5, 5.41) is 12.5. The van der Waals surface area contributed by atoms with E-state index in [1.807, 2.05) is 41.7 Å². The number of carbonyl (C=O) groups is 1. The largest absolute Gasteiger partial charge is 0.435 e. The maximum absolute atomic E-state index is 12.6. The number of ether oxygens (including phenoxy) is 1. The summed E-state index contributed by atoms with van der Waals surface area (Å²) >= 11 is 1.29. The molecule has 1 unspecified atom stereocenters. The first-order valence-corrected chi connectivity index (χ1v) is 10.1. The molecule has 0 spiro atoms. The molecule has 1 N–H and O–H groups in total. The van der Waals surface area contributed by atoms with E-state index in [4.69, 9.17) is 0 Å². The minimum atomic E-state index is -2.89. The van der Waals surface area contributed by atoms with Gasteiger partial charge in [-0.2, -0.15) is 8.78 Å². The topological polar surface area (TPSA) is 68.5 Å². The average molecular weight is 428 g/mol. The molecule has 6 nitrogen and oxygen atoms in total. The molecule has 9 heteroatoms. The lowest BCUT2D eigenvalue weighted by Gasteiger charge is -2.12. The fraction of sp³-hybridized carbons (Fsp3) is 0.190. The van der Waals surface area contributed by atoms with E-state index in [1.54, 1.807) is 6.92 Å². The second-order valence-corrected chi connectivity index (χ2v) is 7.98. The number of rotatable bonds is 6. The van der Waals surface area contributed by atoms with Gasteiger partial charge in [-0.3, -0.25) is 9.20 Å². The lowest BCUT2D eigenvalue weighted by atomic mass is 10.1. The molecule has 0 saturated heterocycles. The number of thioether (sulfide) groups is 1. The third-order valence-corrected chi connectivity index (χ3v) is 5.61. The molecule has 0 aliphatic rings. The molecular weight excluding hydrogens is 410 g/mol. The molecule has 4 rings (SSSR count). The van der Waals surface area contributed by atoms with E-state index in [1.165, 1.54) is 36.0 Å². The molecule has 2 aromatic carbocycles. The lowest BCUT2D eigenvalue weighted by molar-refractivity contribution is -0.115. The van der Waals surface area contributed by atoms with Gasteiger partial charge in [0, 0.05) is 11.1 Å². The zero-order valence-electron chi connectivity index (χ0n) is 16.2. The molecule has 1 atom stereocenters. The number of anilines is 1. The van der Waals surface area contributed by atoms with Gasteiger partial charge in [0.05, 0.1) is 10.8 Å². The number of hydrogen-bond acceptors (Lipinski definition) is 5. The maximum atomic E-state index is 12.6. The summed E-state index contributed by atoms with van der Waals surface area (Å²) in [6.45, 7) is 0.906. The van der Waals surface area contributed by atoms with E-state index < -0.39 is 11.9 Å². The number of amides is 1. The van der Waals surface area contributed by atoms with Gasteiger partial charge in [0.1, 0.15) is 5.75 Å². The SMILES string of the molecule is Cc1cc2nnc(SC(C)C(=O)Nc3ccc(OC(F)F)cc3)n2c2ccccc12. The van der Waals surface area contributed by atoms with E-state index in [0.29, 0.717) is 10.8 Å². The summed E-state index contributed by atoms with van der Waals surface area (Å²) in [6, 6.07) is 15.7. The Kier molecular flexibility index (Phi) is 5.54. The average Bonchev–Trinajstić information content (AvgIpc) is 3.11. The normalized spacial score (nSPS) is 12.4. The highest BCUT2D eigenvalue weighted by molar-refractivity contribution is 8.00. The van der Waals surface area contributed by atoms with Crippen LogP contribution in [0.4, 0.5) is 14.5 Å². The maximum Gasteiger partial charge on any atom is 0.387 e. The van der Waals surface area contributed by atoms with E-state index >= 15 is 0 Å². The van der Waals surface area contributed by atoms with Gasteiger partial charge in [0.2, 0.25) is 5.91 Å². The van der Waals surface area contributed by atoms with Crippen molar-refractivity contribution in [2.24, 2.45) is 0 Å². The Balaban J connectivity index is 1.52. The van der Waals surface area contributed by atoms with Crippen molar-refractivity contribution in [2.75, 3.05) is 5.32 Å². The number of aromatic nitrogens is 3. The Morgan fingerprint density at radius 1 is 1.13 bits per heavy atom. The summed E-state index contributed by atoms with van der Waals surface area (Å²) in [4.78, 5) is 12.6. The Labute approximate surface area is 175 Å². The fourth-order valence-corrected chi connectivity index (χ4v) is 3.99. The number of carbonyl (C=O) groups excluding carboxylic acids is 1. The van der Waals surface area contributed by atoms with Gasteiger partial charge in [0.25, 0.3) is 0 Å². The third-order valence-electron chi connectivity index (χ3n) is 4.57. The minimum Gasteiger partial charge on any atom is -0.435 e. The molecule has 0 fully saturated rings. The molecule has 0 aliphatic carbocycles. The predicted molar refractivity (Wildman–Crippen MR) is 112 cm³/mol. The standard InChI is InChI=1S/C21H18F2N4O2S/c1-12-11-18-25-26-21(27(18)17-6-4-3-5-16(12)17)30-13(2)19(28)24-14-7-9-15(10-8-14)29-20(22)23/h3-11,13,20H,1-2H3,(H,24,28). The Morgan fingerprint density at radius 3 is 2.60 bits per heavy atom. The van der Waals surface area contributed by atoms with Gasteiger partial charge >= 0.3 is 6.61 Å².